The fourth-order valence-electron chi connectivity index (χ4n) is 2.12. The van der Waals surface area contributed by atoms with Gasteiger partial charge < -0.3 is 4.74 Å². The molecular weight excluding hydrogens is 347 g/mol. The van der Waals surface area contributed by atoms with E-state index in [9.17, 15) is 18.0 Å². The summed E-state index contributed by atoms with van der Waals surface area (Å²) >= 11 is 5.82. The number of alkyl halides is 2. The Bertz CT molecular complexity index is 891. The van der Waals surface area contributed by atoms with E-state index in [2.05, 4.69) is 4.98 Å². The van der Waals surface area contributed by atoms with Crippen LogP contribution in [0, 0.1) is 24.1 Å². The van der Waals surface area contributed by atoms with E-state index < -0.39 is 22.9 Å². The summed E-state index contributed by atoms with van der Waals surface area (Å²) < 4.78 is 45.4. The van der Waals surface area contributed by atoms with E-state index in [1.54, 1.807) is 13.0 Å². The Kier molecular flexibility index (Phi) is 5.14. The molecule has 24 heavy (non-hydrogen) atoms. The van der Waals surface area contributed by atoms with E-state index >= 15 is 0 Å². The number of nitrogens with zero attached hydrogens (tertiary/aromatic N) is 3. The fourth-order valence-corrected chi connectivity index (χ4v) is 2.36. The first-order valence-corrected chi connectivity index (χ1v) is 7.13. The average molecular weight is 358 g/mol. The molecule has 0 aliphatic rings. The Hall–Kier alpha value is -2.53. The molecule has 0 unspecified atom stereocenters. The molecule has 126 valence electrons. The molecule has 0 saturated heterocycles. The lowest BCUT2D eigenvalue weighted by molar-refractivity contribution is 0.0628. The van der Waals surface area contributed by atoms with Crippen LogP contribution in [0.15, 0.2) is 16.9 Å². The molecule has 0 radical (unpaired) electrons. The minimum absolute atomic E-state index is 0.0492. The number of aryl methyl sites for hydroxylation is 1. The van der Waals surface area contributed by atoms with Gasteiger partial charge in [0, 0.05) is 5.56 Å². The van der Waals surface area contributed by atoms with Crippen LogP contribution in [0.3, 0.4) is 0 Å². The topological polar surface area (TPSA) is 67.9 Å². The van der Waals surface area contributed by atoms with Crippen molar-refractivity contribution in [3.8, 4) is 23.1 Å². The second-order valence-corrected chi connectivity index (χ2v) is 5.03. The Balaban J connectivity index is 2.76. The first-order chi connectivity index (χ1) is 11.3. The van der Waals surface area contributed by atoms with E-state index in [-0.39, 0.29) is 39.6 Å². The summed E-state index contributed by atoms with van der Waals surface area (Å²) in [5.41, 5.74) is -1.74. The van der Waals surface area contributed by atoms with Crippen molar-refractivity contribution in [3.05, 3.63) is 44.7 Å². The number of ether oxygens (including phenoxy) is 1. The van der Waals surface area contributed by atoms with Gasteiger partial charge in [0.1, 0.15) is 28.5 Å². The minimum Gasteiger partial charge on any atom is -0.492 e. The van der Waals surface area contributed by atoms with Gasteiger partial charge in [-0.2, -0.15) is 14.0 Å². The van der Waals surface area contributed by atoms with Crippen LogP contribution in [-0.2, 0) is 0 Å². The summed E-state index contributed by atoms with van der Waals surface area (Å²) in [4.78, 5) is 15.8. The first-order valence-electron chi connectivity index (χ1n) is 6.75. The number of nitriles is 1. The van der Waals surface area contributed by atoms with Crippen molar-refractivity contribution >= 4 is 11.6 Å². The molecule has 0 bridgehead atoms. The van der Waals surface area contributed by atoms with Gasteiger partial charge in [-0.25, -0.2) is 13.9 Å². The third kappa shape index (κ3) is 3.08. The van der Waals surface area contributed by atoms with E-state index in [1.165, 1.54) is 6.92 Å². The lowest BCUT2D eigenvalue weighted by Gasteiger charge is -2.13. The van der Waals surface area contributed by atoms with Gasteiger partial charge in [0.15, 0.2) is 0 Å². The molecule has 9 heteroatoms. The van der Waals surface area contributed by atoms with E-state index in [0.717, 1.165) is 12.1 Å². The standard InChI is InChI=1S/C15H11ClF3N3O2/c1-3-24-11-5-9(10(17)4-8(11)6-20)13-12(16)14(23)22(15(18)19)7(2)21-13/h4-5,15H,3H2,1-2H3. The number of hydrogen-bond acceptors (Lipinski definition) is 4. The van der Waals surface area contributed by atoms with Gasteiger partial charge in [-0.05, 0) is 26.0 Å². The number of halogens is 4. The molecule has 0 aliphatic heterocycles. The second kappa shape index (κ2) is 6.93. The maximum Gasteiger partial charge on any atom is 0.322 e. The second-order valence-electron chi connectivity index (χ2n) is 4.65. The predicted molar refractivity (Wildman–Crippen MR) is 80.8 cm³/mol. The van der Waals surface area contributed by atoms with Crippen LogP contribution in [0.25, 0.3) is 11.3 Å². The van der Waals surface area contributed by atoms with Crippen molar-refractivity contribution < 1.29 is 17.9 Å². The van der Waals surface area contributed by atoms with Crippen molar-refractivity contribution in [1.82, 2.24) is 9.55 Å². The summed E-state index contributed by atoms with van der Waals surface area (Å²) in [6, 6.07) is 3.85. The zero-order valence-corrected chi connectivity index (χ0v) is 13.4. The highest BCUT2D eigenvalue weighted by Gasteiger charge is 2.22. The first kappa shape index (κ1) is 17.8. The summed E-state index contributed by atoms with van der Waals surface area (Å²) in [6.07, 6.45) is 0. The summed E-state index contributed by atoms with van der Waals surface area (Å²) in [7, 11) is 0. The monoisotopic (exact) mass is 357 g/mol. The summed E-state index contributed by atoms with van der Waals surface area (Å²) in [5, 5.41) is 8.35. The van der Waals surface area contributed by atoms with Crippen molar-refractivity contribution in [2.75, 3.05) is 6.61 Å². The molecule has 0 N–H and O–H groups in total. The third-order valence-corrected chi connectivity index (χ3v) is 3.52. The quantitative estimate of drug-likeness (QED) is 0.837. The summed E-state index contributed by atoms with van der Waals surface area (Å²) in [6.45, 7) is -0.0596. The molecule has 0 spiro atoms. The van der Waals surface area contributed by atoms with Gasteiger partial charge in [-0.15, -0.1) is 0 Å². The fraction of sp³-hybridized carbons (Fsp3) is 0.267. The lowest BCUT2D eigenvalue weighted by Crippen LogP contribution is -2.25. The van der Waals surface area contributed by atoms with Crippen LogP contribution in [0.2, 0.25) is 5.02 Å². The van der Waals surface area contributed by atoms with Gasteiger partial charge >= 0.3 is 6.55 Å². The Morgan fingerprint density at radius 3 is 2.67 bits per heavy atom. The van der Waals surface area contributed by atoms with Gasteiger partial charge in [-0.1, -0.05) is 11.6 Å². The van der Waals surface area contributed by atoms with Crippen LogP contribution >= 0.6 is 11.6 Å². The summed E-state index contributed by atoms with van der Waals surface area (Å²) in [5.74, 6) is -1.13. The molecular formula is C15H11ClF3N3O2. The van der Waals surface area contributed by atoms with Gasteiger partial charge in [0.05, 0.1) is 17.9 Å². The normalized spacial score (nSPS) is 10.8. The van der Waals surface area contributed by atoms with Crippen molar-refractivity contribution in [3.63, 3.8) is 0 Å². The number of benzene rings is 1. The minimum atomic E-state index is -3.12. The molecule has 1 aromatic heterocycles. The van der Waals surface area contributed by atoms with Crippen LogP contribution in [-0.4, -0.2) is 16.2 Å². The van der Waals surface area contributed by atoms with Crippen LogP contribution < -0.4 is 10.3 Å². The zero-order chi connectivity index (χ0) is 18.0. The number of rotatable bonds is 4. The SMILES string of the molecule is CCOc1cc(-c2nc(C)n(C(F)F)c(=O)c2Cl)c(F)cc1C#N. The maximum atomic E-state index is 14.3. The third-order valence-electron chi connectivity index (χ3n) is 3.18. The van der Waals surface area contributed by atoms with E-state index in [0.29, 0.717) is 0 Å². The molecule has 0 aliphatic carbocycles. The molecule has 1 heterocycles. The number of hydrogen-bond donors (Lipinski definition) is 0. The predicted octanol–water partition coefficient (Wildman–Crippen LogP) is 3.68. The van der Waals surface area contributed by atoms with Crippen molar-refractivity contribution in [2.24, 2.45) is 0 Å². The highest BCUT2D eigenvalue weighted by molar-refractivity contribution is 6.32. The molecule has 0 saturated carbocycles. The van der Waals surface area contributed by atoms with Gasteiger partial charge in [0.25, 0.3) is 5.56 Å². The van der Waals surface area contributed by atoms with Crippen LogP contribution in [0.4, 0.5) is 13.2 Å². The van der Waals surface area contributed by atoms with Gasteiger partial charge in [0.2, 0.25) is 0 Å². The Morgan fingerprint density at radius 1 is 1.46 bits per heavy atom. The Labute approximate surface area is 139 Å². The molecule has 0 amide bonds. The maximum absolute atomic E-state index is 14.3. The lowest BCUT2D eigenvalue weighted by atomic mass is 10.1. The highest BCUT2D eigenvalue weighted by atomic mass is 35.5. The molecule has 2 aromatic rings. The van der Waals surface area contributed by atoms with Crippen LogP contribution in [0.1, 0.15) is 24.9 Å². The van der Waals surface area contributed by atoms with Crippen molar-refractivity contribution in [2.45, 2.75) is 20.4 Å². The van der Waals surface area contributed by atoms with Gasteiger partial charge in [-0.3, -0.25) is 4.79 Å². The average Bonchev–Trinajstić information content (AvgIpc) is 2.52. The molecule has 0 atom stereocenters. The molecule has 1 aromatic carbocycles. The van der Waals surface area contributed by atoms with Crippen LogP contribution in [0.5, 0.6) is 5.75 Å². The zero-order valence-electron chi connectivity index (χ0n) is 12.6. The smallest absolute Gasteiger partial charge is 0.322 e. The highest BCUT2D eigenvalue weighted by Crippen LogP contribution is 2.32. The van der Waals surface area contributed by atoms with E-state index in [1.807, 2.05) is 0 Å². The van der Waals surface area contributed by atoms with Crippen molar-refractivity contribution in [1.29, 1.82) is 5.26 Å². The molecule has 2 rings (SSSR count). The molecule has 0 fully saturated rings. The largest absolute Gasteiger partial charge is 0.492 e. The number of aromatic nitrogens is 2. The Morgan fingerprint density at radius 2 is 2.12 bits per heavy atom. The molecule has 5 nitrogen and oxygen atoms in total. The van der Waals surface area contributed by atoms with E-state index in [4.69, 9.17) is 21.6 Å².